The summed E-state index contributed by atoms with van der Waals surface area (Å²) in [6.45, 7) is 0. The zero-order valence-corrected chi connectivity index (χ0v) is 19.2. The molecule has 0 bridgehead atoms. The molecule has 2 heterocycles. The molecule has 2 aromatic heterocycles. The summed E-state index contributed by atoms with van der Waals surface area (Å²) in [7, 11) is 6.32. The highest BCUT2D eigenvalue weighted by atomic mass is 32.2. The van der Waals surface area contributed by atoms with E-state index < -0.39 is 0 Å². The van der Waals surface area contributed by atoms with Crippen LogP contribution >= 0.6 is 23.1 Å². The minimum atomic E-state index is -0.366. The highest BCUT2D eigenvalue weighted by Gasteiger charge is 2.24. The fourth-order valence-electron chi connectivity index (χ4n) is 3.00. The Morgan fingerprint density at radius 3 is 2.41 bits per heavy atom. The predicted molar refractivity (Wildman–Crippen MR) is 121 cm³/mol. The zero-order chi connectivity index (χ0) is 22.7. The quantitative estimate of drug-likeness (QED) is 0.393. The third-order valence-corrected chi connectivity index (χ3v) is 6.96. The van der Waals surface area contributed by atoms with Crippen molar-refractivity contribution in [3.8, 4) is 23.0 Å². The predicted octanol–water partition coefficient (Wildman–Crippen LogP) is 3.85. The molecule has 0 unspecified atom stereocenters. The lowest BCUT2D eigenvalue weighted by atomic mass is 10.2. The van der Waals surface area contributed by atoms with Crippen LogP contribution in [0.25, 0.3) is 10.1 Å². The van der Waals surface area contributed by atoms with E-state index in [1.807, 2.05) is 30.3 Å². The highest BCUT2D eigenvalue weighted by Crippen LogP contribution is 2.48. The van der Waals surface area contributed by atoms with Crippen molar-refractivity contribution >= 4 is 45.0 Å². The second kappa shape index (κ2) is 9.32. The topological polar surface area (TPSA) is 120 Å². The number of thiophene rings is 1. The number of H-pyrrole nitrogens is 1. The molecule has 0 aliphatic carbocycles. The third-order valence-electron chi connectivity index (χ3n) is 4.51. The molecular weight excluding hydrogens is 454 g/mol. The first-order valence-corrected chi connectivity index (χ1v) is 10.8. The summed E-state index contributed by atoms with van der Waals surface area (Å²) in [6.07, 6.45) is 0. The van der Waals surface area contributed by atoms with Gasteiger partial charge in [0.05, 0.1) is 33.3 Å². The van der Waals surface area contributed by atoms with E-state index in [4.69, 9.17) is 18.9 Å². The number of rotatable bonds is 8. The molecular formula is C20H19N5O5S2. The molecule has 166 valence electrons. The van der Waals surface area contributed by atoms with Gasteiger partial charge in [-0.3, -0.25) is 10.1 Å². The number of benzene rings is 2. The first-order chi connectivity index (χ1) is 15.6. The Hall–Kier alpha value is -3.51. The van der Waals surface area contributed by atoms with Gasteiger partial charge in [-0.2, -0.15) is 5.21 Å². The molecule has 4 aromatic rings. The Kier molecular flexibility index (Phi) is 6.32. The van der Waals surface area contributed by atoms with Crippen molar-refractivity contribution in [2.45, 2.75) is 9.79 Å². The van der Waals surface area contributed by atoms with Crippen molar-refractivity contribution in [1.82, 2.24) is 20.6 Å². The zero-order valence-electron chi connectivity index (χ0n) is 17.6. The van der Waals surface area contributed by atoms with Crippen LogP contribution in [0, 0.1) is 0 Å². The molecule has 0 fully saturated rings. The Morgan fingerprint density at radius 1 is 1.00 bits per heavy atom. The van der Waals surface area contributed by atoms with E-state index in [2.05, 4.69) is 25.9 Å². The number of nitrogens with one attached hydrogen (secondary N) is 2. The van der Waals surface area contributed by atoms with E-state index in [0.717, 1.165) is 19.9 Å². The standard InChI is InChI=1S/C20H19N5O5S2/c1-27-10-5-6-12(28-2)16(7-10)32-17-11-8-13(29-3)14(30-4)9-15(11)31-18(17)19(26)21-20-22-24-25-23-20/h5-9H,1-4H3,(H2,21,22,23,24,25,26). The average molecular weight is 474 g/mol. The van der Waals surface area contributed by atoms with Gasteiger partial charge in [-0.1, -0.05) is 16.9 Å². The van der Waals surface area contributed by atoms with Crippen LogP contribution in [0.3, 0.4) is 0 Å². The number of ether oxygens (including phenoxy) is 4. The summed E-state index contributed by atoms with van der Waals surface area (Å²) >= 11 is 2.71. The number of hydrogen-bond donors (Lipinski definition) is 2. The Labute approximate surface area is 191 Å². The number of fused-ring (bicyclic) bond motifs is 1. The van der Waals surface area contributed by atoms with Crippen molar-refractivity contribution in [3.63, 3.8) is 0 Å². The summed E-state index contributed by atoms with van der Waals surface area (Å²) in [4.78, 5) is 15.1. The van der Waals surface area contributed by atoms with Gasteiger partial charge in [0.25, 0.3) is 11.9 Å². The monoisotopic (exact) mass is 473 g/mol. The lowest BCUT2D eigenvalue weighted by Gasteiger charge is -2.11. The number of aromatic nitrogens is 4. The number of nitrogens with zero attached hydrogens (tertiary/aromatic N) is 3. The van der Waals surface area contributed by atoms with Crippen molar-refractivity contribution in [2.24, 2.45) is 0 Å². The van der Waals surface area contributed by atoms with E-state index in [9.17, 15) is 4.79 Å². The molecule has 12 heteroatoms. The van der Waals surface area contributed by atoms with Crippen LogP contribution in [0.1, 0.15) is 9.67 Å². The summed E-state index contributed by atoms with van der Waals surface area (Å²) in [5.74, 6) is 2.17. The molecule has 2 N–H and O–H groups in total. The molecule has 0 saturated carbocycles. The number of amides is 1. The number of tetrazole rings is 1. The van der Waals surface area contributed by atoms with Crippen molar-refractivity contribution in [1.29, 1.82) is 0 Å². The van der Waals surface area contributed by atoms with E-state index in [0.29, 0.717) is 27.9 Å². The van der Waals surface area contributed by atoms with Gasteiger partial charge in [0.15, 0.2) is 11.5 Å². The molecule has 0 atom stereocenters. The van der Waals surface area contributed by atoms with Crippen LogP contribution in [-0.4, -0.2) is 55.0 Å². The maximum Gasteiger partial charge on any atom is 0.270 e. The van der Waals surface area contributed by atoms with Crippen LogP contribution in [0.2, 0.25) is 0 Å². The molecule has 0 aliphatic rings. The van der Waals surface area contributed by atoms with Crippen LogP contribution < -0.4 is 24.3 Å². The smallest absolute Gasteiger partial charge is 0.270 e. The highest BCUT2D eigenvalue weighted by molar-refractivity contribution is 8.00. The molecule has 1 amide bonds. The number of carbonyl (C=O) groups is 1. The first kappa shape index (κ1) is 21.7. The van der Waals surface area contributed by atoms with Gasteiger partial charge in [0.2, 0.25) is 0 Å². The van der Waals surface area contributed by atoms with Crippen LogP contribution in [0.4, 0.5) is 5.95 Å². The normalized spacial score (nSPS) is 10.8. The Morgan fingerprint density at radius 2 is 1.75 bits per heavy atom. The molecule has 10 nitrogen and oxygen atoms in total. The summed E-state index contributed by atoms with van der Waals surface area (Å²) in [5, 5.41) is 16.9. The second-order valence-electron chi connectivity index (χ2n) is 6.27. The lowest BCUT2D eigenvalue weighted by molar-refractivity contribution is 0.102. The van der Waals surface area contributed by atoms with Gasteiger partial charge in [0, 0.05) is 21.0 Å². The number of carbonyl (C=O) groups excluding carboxylic acids is 1. The number of methoxy groups -OCH3 is 4. The van der Waals surface area contributed by atoms with Gasteiger partial charge in [-0.15, -0.1) is 16.4 Å². The van der Waals surface area contributed by atoms with Crippen molar-refractivity contribution in [3.05, 3.63) is 35.2 Å². The maximum absolute atomic E-state index is 13.1. The molecule has 4 rings (SSSR count). The maximum atomic E-state index is 13.1. The van der Waals surface area contributed by atoms with Gasteiger partial charge in [0.1, 0.15) is 16.4 Å². The van der Waals surface area contributed by atoms with Gasteiger partial charge in [-0.25, -0.2) is 0 Å². The summed E-state index contributed by atoms with van der Waals surface area (Å²) in [6, 6.07) is 9.18. The van der Waals surface area contributed by atoms with Crippen LogP contribution in [-0.2, 0) is 0 Å². The molecule has 2 aromatic carbocycles. The molecule has 32 heavy (non-hydrogen) atoms. The Bertz CT molecular complexity index is 1260. The lowest BCUT2D eigenvalue weighted by Crippen LogP contribution is -2.12. The minimum absolute atomic E-state index is 0.0810. The van der Waals surface area contributed by atoms with Crippen LogP contribution in [0.5, 0.6) is 23.0 Å². The molecule has 0 spiro atoms. The summed E-state index contributed by atoms with van der Waals surface area (Å²) < 4.78 is 22.6. The van der Waals surface area contributed by atoms with Gasteiger partial charge >= 0.3 is 0 Å². The van der Waals surface area contributed by atoms with Crippen LogP contribution in [0.15, 0.2) is 40.1 Å². The SMILES string of the molecule is COc1ccc(OC)c(Sc2c(C(=O)Nc3nn[nH]n3)sc3cc(OC)c(OC)cc23)c1. The molecule has 0 radical (unpaired) electrons. The van der Waals surface area contributed by atoms with Crippen molar-refractivity contribution in [2.75, 3.05) is 33.8 Å². The number of aromatic amines is 1. The molecule has 0 aliphatic heterocycles. The largest absolute Gasteiger partial charge is 0.497 e. The van der Waals surface area contributed by atoms with E-state index in [1.54, 1.807) is 28.4 Å². The molecule has 0 saturated heterocycles. The third kappa shape index (κ3) is 4.14. The fourth-order valence-corrected chi connectivity index (χ4v) is 5.43. The van der Waals surface area contributed by atoms with Crippen molar-refractivity contribution < 1.29 is 23.7 Å². The second-order valence-corrected chi connectivity index (χ2v) is 8.38. The minimum Gasteiger partial charge on any atom is -0.497 e. The van der Waals surface area contributed by atoms with E-state index >= 15 is 0 Å². The number of anilines is 1. The average Bonchev–Trinajstić information content (AvgIpc) is 3.45. The van der Waals surface area contributed by atoms with Gasteiger partial charge < -0.3 is 18.9 Å². The van der Waals surface area contributed by atoms with Gasteiger partial charge in [-0.05, 0) is 29.5 Å². The number of hydrogen-bond acceptors (Lipinski definition) is 10. The Balaban J connectivity index is 1.87. The fraction of sp³-hybridized carbons (Fsp3) is 0.200. The van der Waals surface area contributed by atoms with E-state index in [-0.39, 0.29) is 11.9 Å². The van der Waals surface area contributed by atoms with E-state index in [1.165, 1.54) is 23.1 Å². The first-order valence-electron chi connectivity index (χ1n) is 9.21. The summed E-state index contributed by atoms with van der Waals surface area (Å²) in [5.41, 5.74) is 0.